The number of phenols is 1. The summed E-state index contributed by atoms with van der Waals surface area (Å²) in [4.78, 5) is 10.6. The van der Waals surface area contributed by atoms with Gasteiger partial charge in [0.05, 0.1) is 12.7 Å². The van der Waals surface area contributed by atoms with E-state index in [0.29, 0.717) is 23.2 Å². The summed E-state index contributed by atoms with van der Waals surface area (Å²) >= 11 is 0. The molecule has 0 atom stereocenters. The zero-order valence-corrected chi connectivity index (χ0v) is 9.68. The molecule has 2 aromatic carbocycles. The van der Waals surface area contributed by atoms with E-state index < -0.39 is 5.82 Å². The van der Waals surface area contributed by atoms with E-state index in [4.69, 9.17) is 4.74 Å². The second-order valence-electron chi connectivity index (χ2n) is 3.74. The fourth-order valence-electron chi connectivity index (χ4n) is 1.67. The third kappa shape index (κ3) is 2.18. The number of benzene rings is 2. The van der Waals surface area contributed by atoms with Gasteiger partial charge < -0.3 is 9.84 Å². The minimum absolute atomic E-state index is 0.169. The molecule has 0 aliphatic rings. The number of hydrogen-bond donors (Lipinski definition) is 1. The van der Waals surface area contributed by atoms with Gasteiger partial charge >= 0.3 is 0 Å². The quantitative estimate of drug-likeness (QED) is 0.847. The first-order chi connectivity index (χ1) is 8.65. The second kappa shape index (κ2) is 4.87. The molecule has 0 amide bonds. The summed E-state index contributed by atoms with van der Waals surface area (Å²) in [5.41, 5.74) is 1.01. The maximum atomic E-state index is 13.8. The molecule has 0 radical (unpaired) electrons. The summed E-state index contributed by atoms with van der Waals surface area (Å²) in [6.07, 6.45) is 0.545. The predicted octanol–water partition coefficient (Wildman–Crippen LogP) is 3.02. The van der Waals surface area contributed by atoms with Gasteiger partial charge in [-0.2, -0.15) is 0 Å². The number of aromatic hydroxyl groups is 1. The highest BCUT2D eigenvalue weighted by atomic mass is 19.1. The van der Waals surface area contributed by atoms with Gasteiger partial charge in [-0.15, -0.1) is 0 Å². The zero-order valence-electron chi connectivity index (χ0n) is 9.68. The van der Waals surface area contributed by atoms with Crippen LogP contribution in [0.3, 0.4) is 0 Å². The number of halogens is 1. The van der Waals surface area contributed by atoms with E-state index in [0.717, 1.165) is 0 Å². The number of phenolic OH excluding ortho intramolecular Hbond substituents is 1. The van der Waals surface area contributed by atoms with Crippen molar-refractivity contribution in [1.82, 2.24) is 0 Å². The maximum Gasteiger partial charge on any atom is 0.153 e. The second-order valence-corrected chi connectivity index (χ2v) is 3.74. The third-order valence-electron chi connectivity index (χ3n) is 2.64. The molecule has 92 valence electrons. The number of ether oxygens (including phenoxy) is 1. The number of carbonyl (C=O) groups is 1. The van der Waals surface area contributed by atoms with Gasteiger partial charge in [0.15, 0.2) is 6.29 Å². The van der Waals surface area contributed by atoms with Gasteiger partial charge in [-0.3, -0.25) is 4.79 Å². The van der Waals surface area contributed by atoms with Crippen LogP contribution in [-0.4, -0.2) is 18.5 Å². The molecular formula is C14H11FO3. The van der Waals surface area contributed by atoms with Gasteiger partial charge in [0.1, 0.15) is 17.3 Å². The molecule has 2 rings (SSSR count). The van der Waals surface area contributed by atoms with Crippen LogP contribution in [0.2, 0.25) is 0 Å². The molecule has 0 saturated carbocycles. The Labute approximate surface area is 103 Å². The van der Waals surface area contributed by atoms with Crippen LogP contribution in [0.25, 0.3) is 11.1 Å². The average molecular weight is 246 g/mol. The summed E-state index contributed by atoms with van der Waals surface area (Å²) in [6, 6.07) is 8.83. The van der Waals surface area contributed by atoms with Gasteiger partial charge in [-0.05, 0) is 29.8 Å². The highest BCUT2D eigenvalue weighted by Gasteiger charge is 2.09. The highest BCUT2D eigenvalue weighted by Crippen LogP contribution is 2.29. The number of hydrogen-bond acceptors (Lipinski definition) is 3. The topological polar surface area (TPSA) is 46.5 Å². The van der Waals surface area contributed by atoms with Crippen molar-refractivity contribution in [3.05, 3.63) is 47.8 Å². The van der Waals surface area contributed by atoms with E-state index in [1.165, 1.54) is 25.3 Å². The minimum Gasteiger partial charge on any atom is -0.507 e. The van der Waals surface area contributed by atoms with Gasteiger partial charge in [0, 0.05) is 11.6 Å². The Morgan fingerprint density at radius 2 is 2.00 bits per heavy atom. The highest BCUT2D eigenvalue weighted by molar-refractivity contribution is 5.81. The molecule has 0 saturated heterocycles. The lowest BCUT2D eigenvalue weighted by atomic mass is 10.0. The van der Waals surface area contributed by atoms with Crippen molar-refractivity contribution >= 4 is 6.29 Å². The predicted molar refractivity (Wildman–Crippen MR) is 65.4 cm³/mol. The van der Waals surface area contributed by atoms with E-state index in [-0.39, 0.29) is 11.3 Å². The van der Waals surface area contributed by atoms with Crippen molar-refractivity contribution in [2.75, 3.05) is 7.11 Å². The fourth-order valence-corrected chi connectivity index (χ4v) is 1.67. The van der Waals surface area contributed by atoms with Crippen LogP contribution in [0.15, 0.2) is 36.4 Å². The Morgan fingerprint density at radius 1 is 1.22 bits per heavy atom. The number of aldehydes is 1. The van der Waals surface area contributed by atoms with Crippen LogP contribution in [0.1, 0.15) is 10.4 Å². The first-order valence-electron chi connectivity index (χ1n) is 5.28. The Balaban J connectivity index is 2.48. The van der Waals surface area contributed by atoms with Gasteiger partial charge in [-0.25, -0.2) is 4.39 Å². The molecule has 0 fully saturated rings. The molecule has 2 aromatic rings. The Hall–Kier alpha value is -2.36. The van der Waals surface area contributed by atoms with Crippen molar-refractivity contribution in [3.8, 4) is 22.6 Å². The van der Waals surface area contributed by atoms with Crippen LogP contribution in [0.5, 0.6) is 11.5 Å². The summed E-state index contributed by atoms with van der Waals surface area (Å²) in [7, 11) is 1.46. The minimum atomic E-state index is -0.451. The molecular weight excluding hydrogens is 235 g/mol. The standard InChI is InChI=1S/C14H11FO3/c1-18-11-4-5-12(13(15)7-11)9-2-3-10(8-16)14(17)6-9/h2-8,17H,1H3. The molecule has 4 heteroatoms. The molecule has 0 aliphatic carbocycles. The van der Waals surface area contributed by atoms with E-state index in [2.05, 4.69) is 0 Å². The molecule has 0 heterocycles. The third-order valence-corrected chi connectivity index (χ3v) is 2.64. The lowest BCUT2D eigenvalue weighted by molar-refractivity contribution is 0.112. The molecule has 0 unspecified atom stereocenters. The number of carbonyl (C=O) groups excluding carboxylic acids is 1. The Morgan fingerprint density at radius 3 is 2.56 bits per heavy atom. The largest absolute Gasteiger partial charge is 0.507 e. The van der Waals surface area contributed by atoms with E-state index in [9.17, 15) is 14.3 Å². The molecule has 18 heavy (non-hydrogen) atoms. The van der Waals surface area contributed by atoms with Crippen LogP contribution < -0.4 is 4.74 Å². The normalized spacial score (nSPS) is 10.1. The van der Waals surface area contributed by atoms with E-state index in [1.54, 1.807) is 18.2 Å². The maximum absolute atomic E-state index is 13.8. The van der Waals surface area contributed by atoms with Gasteiger partial charge in [0.2, 0.25) is 0 Å². The average Bonchev–Trinajstić information content (AvgIpc) is 2.38. The molecule has 0 aliphatic heterocycles. The molecule has 0 aromatic heterocycles. The van der Waals surface area contributed by atoms with Crippen molar-refractivity contribution in [3.63, 3.8) is 0 Å². The van der Waals surface area contributed by atoms with E-state index >= 15 is 0 Å². The van der Waals surface area contributed by atoms with Crippen molar-refractivity contribution < 1.29 is 19.0 Å². The van der Waals surface area contributed by atoms with Crippen molar-refractivity contribution in [2.45, 2.75) is 0 Å². The smallest absolute Gasteiger partial charge is 0.153 e. The lowest BCUT2D eigenvalue weighted by Crippen LogP contribution is -1.89. The molecule has 0 bridgehead atoms. The van der Waals surface area contributed by atoms with Crippen LogP contribution >= 0.6 is 0 Å². The van der Waals surface area contributed by atoms with Crippen LogP contribution in [0.4, 0.5) is 4.39 Å². The monoisotopic (exact) mass is 246 g/mol. The summed E-state index contributed by atoms with van der Waals surface area (Å²) < 4.78 is 18.7. The molecule has 3 nitrogen and oxygen atoms in total. The van der Waals surface area contributed by atoms with Crippen molar-refractivity contribution in [2.24, 2.45) is 0 Å². The Bertz CT molecular complexity index is 594. The van der Waals surface area contributed by atoms with Crippen molar-refractivity contribution in [1.29, 1.82) is 0 Å². The molecule has 0 spiro atoms. The number of methoxy groups -OCH3 is 1. The first-order valence-corrected chi connectivity index (χ1v) is 5.28. The van der Waals surface area contributed by atoms with Crippen LogP contribution in [0, 0.1) is 5.82 Å². The van der Waals surface area contributed by atoms with Crippen LogP contribution in [-0.2, 0) is 0 Å². The van der Waals surface area contributed by atoms with Gasteiger partial charge in [-0.1, -0.05) is 6.07 Å². The summed E-state index contributed by atoms with van der Waals surface area (Å²) in [5.74, 6) is -0.199. The fraction of sp³-hybridized carbons (Fsp3) is 0.0714. The van der Waals surface area contributed by atoms with E-state index in [1.807, 2.05) is 0 Å². The summed E-state index contributed by atoms with van der Waals surface area (Å²) in [6.45, 7) is 0. The molecule has 1 N–H and O–H groups in total. The Kier molecular flexibility index (Phi) is 3.28. The SMILES string of the molecule is COc1ccc(-c2ccc(C=O)c(O)c2)c(F)c1. The zero-order chi connectivity index (χ0) is 13.1. The first kappa shape index (κ1) is 12.1. The lowest BCUT2D eigenvalue weighted by Gasteiger charge is -2.07. The number of rotatable bonds is 3. The summed E-state index contributed by atoms with van der Waals surface area (Å²) in [5, 5.41) is 9.57. The van der Waals surface area contributed by atoms with Gasteiger partial charge in [0.25, 0.3) is 0 Å².